The molecular weight excluding hydrogens is 406 g/mol. The molecule has 0 aliphatic heterocycles. The quantitative estimate of drug-likeness (QED) is 0.680. The van der Waals surface area contributed by atoms with E-state index in [2.05, 4.69) is 10.3 Å². The largest absolute Gasteiger partial charge is 0.444 e. The molecule has 0 radical (unpaired) electrons. The highest BCUT2D eigenvalue weighted by molar-refractivity contribution is 5.84. The number of carbonyl (C=O) groups is 1. The van der Waals surface area contributed by atoms with Gasteiger partial charge < -0.3 is 10.1 Å². The number of rotatable bonds is 3. The molecule has 0 aliphatic carbocycles. The molecule has 2 aromatic carbocycles. The Morgan fingerprint density at radius 2 is 1.87 bits per heavy atom. The van der Waals surface area contributed by atoms with Crippen LogP contribution in [0, 0.1) is 23.0 Å². The number of fused-ring (bicyclic) bond motifs is 1. The van der Waals surface area contributed by atoms with E-state index < -0.39 is 34.9 Å². The molecule has 0 spiro atoms. The van der Waals surface area contributed by atoms with Gasteiger partial charge in [-0.3, -0.25) is 9.36 Å². The summed E-state index contributed by atoms with van der Waals surface area (Å²) in [6, 6.07) is 8.22. The van der Waals surface area contributed by atoms with Crippen LogP contribution in [-0.4, -0.2) is 21.2 Å². The first kappa shape index (κ1) is 21.9. The number of halogens is 2. The molecule has 1 atom stereocenters. The molecule has 0 aliphatic rings. The smallest absolute Gasteiger partial charge is 0.408 e. The molecule has 0 saturated heterocycles. The van der Waals surface area contributed by atoms with Crippen molar-refractivity contribution in [2.75, 3.05) is 0 Å². The van der Waals surface area contributed by atoms with Gasteiger partial charge in [-0.1, -0.05) is 6.07 Å². The molecule has 1 aromatic heterocycles. The van der Waals surface area contributed by atoms with Crippen molar-refractivity contribution in [1.29, 1.82) is 5.26 Å². The van der Waals surface area contributed by atoms with Crippen LogP contribution in [0.25, 0.3) is 16.6 Å². The van der Waals surface area contributed by atoms with Crippen LogP contribution in [0.3, 0.4) is 0 Å². The maximum absolute atomic E-state index is 13.9. The number of benzene rings is 2. The highest BCUT2D eigenvalue weighted by Crippen LogP contribution is 2.21. The maximum atomic E-state index is 13.9. The number of nitriles is 1. The maximum Gasteiger partial charge on any atom is 0.408 e. The Labute approximate surface area is 176 Å². The topological polar surface area (TPSA) is 97.0 Å². The van der Waals surface area contributed by atoms with E-state index in [1.165, 1.54) is 12.1 Å². The van der Waals surface area contributed by atoms with Gasteiger partial charge in [-0.2, -0.15) is 5.26 Å². The van der Waals surface area contributed by atoms with E-state index in [4.69, 9.17) is 4.74 Å². The Hall–Kier alpha value is -3.80. The van der Waals surface area contributed by atoms with E-state index in [0.717, 1.165) is 16.7 Å². The van der Waals surface area contributed by atoms with Crippen molar-refractivity contribution in [2.45, 2.75) is 39.3 Å². The van der Waals surface area contributed by atoms with Crippen molar-refractivity contribution >= 4 is 17.0 Å². The molecule has 160 valence electrons. The zero-order valence-electron chi connectivity index (χ0n) is 17.4. The van der Waals surface area contributed by atoms with Gasteiger partial charge in [-0.15, -0.1) is 0 Å². The SMILES string of the molecule is CC(NC(=O)OC(C)(C)C)c1nc2cccc(C#N)c2c(=O)n1-c1cc(F)cc(F)c1. The highest BCUT2D eigenvalue weighted by Gasteiger charge is 2.24. The van der Waals surface area contributed by atoms with Crippen LogP contribution in [0.5, 0.6) is 0 Å². The van der Waals surface area contributed by atoms with E-state index in [-0.39, 0.29) is 28.0 Å². The number of nitrogens with zero attached hydrogens (tertiary/aromatic N) is 3. The third kappa shape index (κ3) is 4.69. The number of amides is 1. The van der Waals surface area contributed by atoms with Crippen LogP contribution in [0.4, 0.5) is 13.6 Å². The van der Waals surface area contributed by atoms with Gasteiger partial charge in [0.1, 0.15) is 29.1 Å². The molecule has 1 N–H and O–H groups in total. The summed E-state index contributed by atoms with van der Waals surface area (Å²) >= 11 is 0. The fourth-order valence-electron chi connectivity index (χ4n) is 3.10. The lowest BCUT2D eigenvalue weighted by Gasteiger charge is -2.23. The Bertz CT molecular complexity index is 1250. The third-order valence-electron chi connectivity index (χ3n) is 4.27. The number of aromatic nitrogens is 2. The molecule has 1 amide bonds. The number of nitrogens with one attached hydrogen (secondary N) is 1. The van der Waals surface area contributed by atoms with Crippen LogP contribution in [0.2, 0.25) is 0 Å². The normalized spacial score (nSPS) is 12.3. The van der Waals surface area contributed by atoms with Gasteiger partial charge in [-0.05, 0) is 52.0 Å². The second kappa shape index (κ2) is 8.14. The molecule has 7 nitrogen and oxygen atoms in total. The summed E-state index contributed by atoms with van der Waals surface area (Å²) in [7, 11) is 0. The van der Waals surface area contributed by atoms with Gasteiger partial charge in [0, 0.05) is 6.07 Å². The van der Waals surface area contributed by atoms with Crippen LogP contribution in [0.15, 0.2) is 41.2 Å². The molecule has 9 heteroatoms. The monoisotopic (exact) mass is 426 g/mol. The molecule has 3 aromatic rings. The summed E-state index contributed by atoms with van der Waals surface area (Å²) < 4.78 is 34.1. The first-order valence-electron chi connectivity index (χ1n) is 9.42. The molecule has 31 heavy (non-hydrogen) atoms. The number of hydrogen-bond acceptors (Lipinski definition) is 5. The van der Waals surface area contributed by atoms with Gasteiger partial charge in [0.25, 0.3) is 5.56 Å². The predicted octanol–water partition coefficient (Wildman–Crippen LogP) is 4.12. The third-order valence-corrected chi connectivity index (χ3v) is 4.27. The minimum absolute atomic E-state index is 0.00267. The van der Waals surface area contributed by atoms with Crippen LogP contribution >= 0.6 is 0 Å². The summed E-state index contributed by atoms with van der Waals surface area (Å²) in [6.07, 6.45) is -0.753. The average molecular weight is 426 g/mol. The first-order valence-corrected chi connectivity index (χ1v) is 9.42. The molecule has 0 saturated carbocycles. The van der Waals surface area contributed by atoms with Gasteiger partial charge >= 0.3 is 6.09 Å². The van der Waals surface area contributed by atoms with Crippen LogP contribution in [-0.2, 0) is 4.74 Å². The number of ether oxygens (including phenoxy) is 1. The second-order valence-corrected chi connectivity index (χ2v) is 7.92. The van der Waals surface area contributed by atoms with Gasteiger partial charge in [0.15, 0.2) is 0 Å². The second-order valence-electron chi connectivity index (χ2n) is 7.92. The van der Waals surface area contributed by atoms with E-state index in [1.807, 2.05) is 6.07 Å². The summed E-state index contributed by atoms with van der Waals surface area (Å²) in [4.78, 5) is 30.0. The Morgan fingerprint density at radius 1 is 1.23 bits per heavy atom. The lowest BCUT2D eigenvalue weighted by molar-refractivity contribution is 0.0505. The molecule has 1 heterocycles. The molecule has 0 fully saturated rings. The molecule has 3 rings (SSSR count). The highest BCUT2D eigenvalue weighted by atomic mass is 19.1. The van der Waals surface area contributed by atoms with Crippen molar-refractivity contribution in [3.63, 3.8) is 0 Å². The van der Waals surface area contributed by atoms with Crippen LogP contribution in [0.1, 0.15) is 45.1 Å². The summed E-state index contributed by atoms with van der Waals surface area (Å²) in [5.41, 5.74) is -1.30. The fourth-order valence-corrected chi connectivity index (χ4v) is 3.10. The van der Waals surface area contributed by atoms with Crippen molar-refractivity contribution in [1.82, 2.24) is 14.9 Å². The first-order chi connectivity index (χ1) is 14.5. The van der Waals surface area contributed by atoms with E-state index in [1.54, 1.807) is 33.8 Å². The van der Waals surface area contributed by atoms with Crippen LogP contribution < -0.4 is 10.9 Å². The summed E-state index contributed by atoms with van der Waals surface area (Å²) in [5, 5.41) is 12.0. The van der Waals surface area contributed by atoms with E-state index >= 15 is 0 Å². The lowest BCUT2D eigenvalue weighted by Crippen LogP contribution is -2.37. The minimum atomic E-state index is -0.894. The number of carbonyl (C=O) groups excluding carboxylic acids is 1. The Balaban J connectivity index is 2.26. The van der Waals surface area contributed by atoms with E-state index in [0.29, 0.717) is 6.07 Å². The molecule has 1 unspecified atom stereocenters. The molecule has 0 bridgehead atoms. The number of hydrogen-bond donors (Lipinski definition) is 1. The predicted molar refractivity (Wildman–Crippen MR) is 110 cm³/mol. The van der Waals surface area contributed by atoms with Gasteiger partial charge in [-0.25, -0.2) is 18.6 Å². The van der Waals surface area contributed by atoms with Crippen molar-refractivity contribution in [3.8, 4) is 11.8 Å². The molecular formula is C22H20F2N4O3. The Kier molecular flexibility index (Phi) is 5.75. The Morgan fingerprint density at radius 3 is 2.45 bits per heavy atom. The zero-order valence-corrected chi connectivity index (χ0v) is 17.4. The fraction of sp³-hybridized carbons (Fsp3) is 0.273. The van der Waals surface area contributed by atoms with Gasteiger partial charge in [0.2, 0.25) is 0 Å². The average Bonchev–Trinajstić information content (AvgIpc) is 2.64. The minimum Gasteiger partial charge on any atom is -0.444 e. The number of alkyl carbamates (subject to hydrolysis) is 1. The van der Waals surface area contributed by atoms with Crippen molar-refractivity contribution < 1.29 is 18.3 Å². The lowest BCUT2D eigenvalue weighted by atomic mass is 10.1. The van der Waals surface area contributed by atoms with Crippen molar-refractivity contribution in [2.24, 2.45) is 0 Å². The van der Waals surface area contributed by atoms with Crippen molar-refractivity contribution in [3.05, 3.63) is 69.8 Å². The van der Waals surface area contributed by atoms with Gasteiger partial charge in [0.05, 0.1) is 28.2 Å². The standard InChI is InChI=1S/C22H20F2N4O3/c1-12(26-21(30)31-22(2,3)4)19-27-17-7-5-6-13(11-25)18(17)20(29)28(19)16-9-14(23)8-15(24)10-16/h5-10,12H,1-4H3,(H,26,30). The summed E-state index contributed by atoms with van der Waals surface area (Å²) in [5.74, 6) is -1.77. The zero-order chi connectivity index (χ0) is 22.9. The summed E-state index contributed by atoms with van der Waals surface area (Å²) in [6.45, 7) is 6.64. The van der Waals surface area contributed by atoms with E-state index in [9.17, 15) is 23.6 Å².